The van der Waals surface area contributed by atoms with Gasteiger partial charge in [0.15, 0.2) is 18.2 Å². The monoisotopic (exact) mass is 269 g/mol. The Morgan fingerprint density at radius 3 is 2.90 bits per heavy atom. The van der Waals surface area contributed by atoms with E-state index < -0.39 is 5.91 Å². The van der Waals surface area contributed by atoms with E-state index in [0.717, 1.165) is 0 Å². The summed E-state index contributed by atoms with van der Waals surface area (Å²) < 4.78 is 5.26. The summed E-state index contributed by atoms with van der Waals surface area (Å²) >= 11 is 0. The number of nitrogens with one attached hydrogen (secondary N) is 1. The number of amides is 1. The van der Waals surface area contributed by atoms with Gasteiger partial charge in [-0.3, -0.25) is 4.79 Å². The molecule has 0 saturated carbocycles. The van der Waals surface area contributed by atoms with Gasteiger partial charge in [-0.1, -0.05) is 12.1 Å². The van der Waals surface area contributed by atoms with Gasteiger partial charge in [-0.25, -0.2) is 4.98 Å². The lowest BCUT2D eigenvalue weighted by Gasteiger charge is -2.08. The highest BCUT2D eigenvalue weighted by molar-refractivity contribution is 5.92. The molecule has 2 N–H and O–H groups in total. The predicted molar refractivity (Wildman–Crippen MR) is 71.2 cm³/mol. The molecule has 0 aliphatic heterocycles. The van der Waals surface area contributed by atoms with E-state index in [1.165, 1.54) is 12.3 Å². The molecule has 1 aromatic carbocycles. The van der Waals surface area contributed by atoms with Crippen LogP contribution in [0.2, 0.25) is 0 Å². The first-order chi connectivity index (χ1) is 9.70. The van der Waals surface area contributed by atoms with Gasteiger partial charge in [0.1, 0.15) is 11.8 Å². The molecule has 0 aliphatic carbocycles. The molecule has 0 saturated heterocycles. The molecular weight excluding hydrogens is 258 g/mol. The van der Waals surface area contributed by atoms with E-state index in [4.69, 9.17) is 10.00 Å². The van der Waals surface area contributed by atoms with Crippen LogP contribution in [-0.4, -0.2) is 22.6 Å². The molecule has 0 radical (unpaired) electrons. The molecule has 1 aromatic heterocycles. The molecule has 0 unspecified atom stereocenters. The molecule has 0 bridgehead atoms. The number of ether oxygens (including phenoxy) is 1. The first-order valence-electron chi connectivity index (χ1n) is 5.76. The molecule has 0 fully saturated rings. The van der Waals surface area contributed by atoms with Gasteiger partial charge in [-0.15, -0.1) is 0 Å². The molecule has 2 aromatic rings. The average molecular weight is 269 g/mol. The first kappa shape index (κ1) is 13.4. The number of hydrogen-bond donors (Lipinski definition) is 2. The van der Waals surface area contributed by atoms with Gasteiger partial charge in [0.25, 0.3) is 5.91 Å². The fourth-order valence-electron chi connectivity index (χ4n) is 1.49. The molecule has 6 nitrogen and oxygen atoms in total. The zero-order valence-electron chi connectivity index (χ0n) is 10.4. The summed E-state index contributed by atoms with van der Waals surface area (Å²) in [6.45, 7) is -0.283. The smallest absolute Gasteiger partial charge is 0.263 e. The lowest BCUT2D eigenvalue weighted by molar-refractivity contribution is -0.118. The summed E-state index contributed by atoms with van der Waals surface area (Å²) in [4.78, 5) is 15.5. The van der Waals surface area contributed by atoms with Crippen molar-refractivity contribution < 1.29 is 14.6 Å². The summed E-state index contributed by atoms with van der Waals surface area (Å²) in [5.41, 5.74) is 0.348. The van der Waals surface area contributed by atoms with E-state index in [-0.39, 0.29) is 18.2 Å². The molecule has 20 heavy (non-hydrogen) atoms. The third-order valence-corrected chi connectivity index (χ3v) is 2.41. The Kier molecular flexibility index (Phi) is 4.14. The highest BCUT2D eigenvalue weighted by atomic mass is 16.5. The molecule has 0 aliphatic rings. The van der Waals surface area contributed by atoms with E-state index in [1.807, 2.05) is 6.07 Å². The minimum absolute atomic E-state index is 0.0645. The topological polar surface area (TPSA) is 95.2 Å². The Labute approximate surface area is 115 Å². The van der Waals surface area contributed by atoms with Crippen LogP contribution in [0.1, 0.15) is 5.56 Å². The summed E-state index contributed by atoms with van der Waals surface area (Å²) in [6, 6.07) is 11.5. The number of hydrogen-bond acceptors (Lipinski definition) is 5. The lowest BCUT2D eigenvalue weighted by Crippen LogP contribution is -2.21. The van der Waals surface area contributed by atoms with Gasteiger partial charge >= 0.3 is 0 Å². The number of para-hydroxylation sites is 1. The van der Waals surface area contributed by atoms with Crippen molar-refractivity contribution in [2.45, 2.75) is 0 Å². The molecule has 1 heterocycles. The van der Waals surface area contributed by atoms with Crippen molar-refractivity contribution in [3.8, 4) is 17.6 Å². The van der Waals surface area contributed by atoms with Gasteiger partial charge in [-0.2, -0.15) is 5.26 Å². The van der Waals surface area contributed by atoms with E-state index in [2.05, 4.69) is 10.3 Å². The van der Waals surface area contributed by atoms with E-state index >= 15 is 0 Å². The van der Waals surface area contributed by atoms with Crippen molar-refractivity contribution in [1.82, 2.24) is 4.98 Å². The summed E-state index contributed by atoms with van der Waals surface area (Å²) in [6.07, 6.45) is 1.45. The average Bonchev–Trinajstić information content (AvgIpc) is 2.48. The first-order valence-corrected chi connectivity index (χ1v) is 5.76. The zero-order valence-corrected chi connectivity index (χ0v) is 10.4. The van der Waals surface area contributed by atoms with E-state index in [1.54, 1.807) is 30.3 Å². The molecule has 2 rings (SSSR count). The van der Waals surface area contributed by atoms with Crippen molar-refractivity contribution in [3.63, 3.8) is 0 Å². The van der Waals surface area contributed by atoms with Gasteiger partial charge in [0.2, 0.25) is 0 Å². The number of aromatic nitrogens is 1. The second kappa shape index (κ2) is 6.20. The number of carbonyl (C=O) groups excluding carboxylic acids is 1. The number of benzene rings is 1. The van der Waals surface area contributed by atoms with E-state index in [0.29, 0.717) is 11.3 Å². The maximum absolute atomic E-state index is 11.7. The highest BCUT2D eigenvalue weighted by Gasteiger charge is 2.09. The Hall–Kier alpha value is -3.07. The van der Waals surface area contributed by atoms with Crippen LogP contribution in [0.3, 0.4) is 0 Å². The van der Waals surface area contributed by atoms with Crippen LogP contribution < -0.4 is 10.1 Å². The quantitative estimate of drug-likeness (QED) is 0.880. The lowest BCUT2D eigenvalue weighted by atomic mass is 10.2. The summed E-state index contributed by atoms with van der Waals surface area (Å²) in [7, 11) is 0. The second-order valence-electron chi connectivity index (χ2n) is 3.82. The fraction of sp³-hybridized carbons (Fsp3) is 0.0714. The van der Waals surface area contributed by atoms with Gasteiger partial charge in [0.05, 0.1) is 5.56 Å². The van der Waals surface area contributed by atoms with Gasteiger partial charge < -0.3 is 15.2 Å². The molecule has 0 spiro atoms. The van der Waals surface area contributed by atoms with Crippen molar-refractivity contribution in [2.75, 3.05) is 11.9 Å². The van der Waals surface area contributed by atoms with Gasteiger partial charge in [-0.05, 0) is 24.3 Å². The maximum Gasteiger partial charge on any atom is 0.263 e. The van der Waals surface area contributed by atoms with Crippen LogP contribution in [0.5, 0.6) is 11.5 Å². The minimum Gasteiger partial charge on any atom is -0.504 e. The molecule has 6 heteroatoms. The minimum atomic E-state index is -0.480. The van der Waals surface area contributed by atoms with Gasteiger partial charge in [0, 0.05) is 6.20 Å². The largest absolute Gasteiger partial charge is 0.504 e. The Morgan fingerprint density at radius 1 is 1.35 bits per heavy atom. The fourth-order valence-corrected chi connectivity index (χ4v) is 1.49. The van der Waals surface area contributed by atoms with Crippen molar-refractivity contribution in [3.05, 3.63) is 48.2 Å². The Bertz CT molecular complexity index is 665. The van der Waals surface area contributed by atoms with Crippen LogP contribution in [-0.2, 0) is 4.79 Å². The maximum atomic E-state index is 11.7. The number of nitriles is 1. The predicted octanol–water partition coefficient (Wildman–Crippen LogP) is 1.68. The second-order valence-corrected chi connectivity index (χ2v) is 3.82. The number of anilines is 1. The number of pyridine rings is 1. The molecular formula is C14H11N3O3. The third-order valence-electron chi connectivity index (χ3n) is 2.41. The van der Waals surface area contributed by atoms with Crippen molar-refractivity contribution >= 4 is 11.7 Å². The zero-order chi connectivity index (χ0) is 14.4. The third kappa shape index (κ3) is 3.23. The standard InChI is InChI=1S/C14H11N3O3/c15-8-10-4-1-2-6-12(10)20-9-13(19)17-14-11(18)5-3-7-16-14/h1-7,18H,9H2,(H,16,17,19). The van der Waals surface area contributed by atoms with Crippen LogP contribution in [0.4, 0.5) is 5.82 Å². The number of nitrogens with zero attached hydrogens (tertiary/aromatic N) is 2. The highest BCUT2D eigenvalue weighted by Crippen LogP contribution is 2.19. The number of rotatable bonds is 4. The van der Waals surface area contributed by atoms with Crippen molar-refractivity contribution in [2.24, 2.45) is 0 Å². The summed E-state index contributed by atoms with van der Waals surface area (Å²) in [5, 5.41) is 20.8. The Balaban J connectivity index is 1.96. The van der Waals surface area contributed by atoms with Crippen molar-refractivity contribution in [1.29, 1.82) is 5.26 Å². The molecule has 100 valence electrons. The van der Waals surface area contributed by atoms with Crippen LogP contribution in [0.15, 0.2) is 42.6 Å². The van der Waals surface area contributed by atoms with E-state index in [9.17, 15) is 9.90 Å². The Morgan fingerprint density at radius 2 is 2.15 bits per heavy atom. The SMILES string of the molecule is N#Cc1ccccc1OCC(=O)Nc1ncccc1O. The van der Waals surface area contributed by atoms with Crippen LogP contribution >= 0.6 is 0 Å². The number of aromatic hydroxyl groups is 1. The van der Waals surface area contributed by atoms with Crippen LogP contribution in [0, 0.1) is 11.3 Å². The normalized spacial score (nSPS) is 9.55. The number of carbonyl (C=O) groups is 1. The molecule has 0 atom stereocenters. The summed E-state index contributed by atoms with van der Waals surface area (Å²) in [5.74, 6) is -0.213. The molecule has 1 amide bonds. The van der Waals surface area contributed by atoms with Crippen LogP contribution in [0.25, 0.3) is 0 Å².